The molecule has 6 aromatic rings. The highest BCUT2D eigenvalue weighted by Crippen LogP contribution is 2.40. The van der Waals surface area contributed by atoms with Gasteiger partial charge in [-0.2, -0.15) is 0 Å². The molecule has 4 aliphatic rings. The van der Waals surface area contributed by atoms with E-state index in [4.69, 9.17) is 41.5 Å². The van der Waals surface area contributed by atoms with Crippen LogP contribution in [0.25, 0.3) is 44.7 Å². The van der Waals surface area contributed by atoms with E-state index < -0.39 is 0 Å². The molecule has 2 aliphatic heterocycles. The van der Waals surface area contributed by atoms with Crippen LogP contribution in [-0.2, 0) is 9.47 Å². The molecule has 4 fully saturated rings. The average Bonchev–Trinajstić information content (AvgIpc) is 4.09. The fourth-order valence-electron chi connectivity index (χ4n) is 8.57. The standard InChI is InChI=1S/C21H23ClN4O3.C21H22ClN3O3/c22-14-5-6-19-16(11-14)17(12-26(19)15-3-1-2-4-15)21-23-18(13-29-21)20(27)24-25-7-9-28-10-8-25;22-14-5-6-19-16(11-14)17(12-25(19)15-3-1-2-4-15)20-23-18(13-28-20)21(26)24-7-9-27-10-8-24/h5-6,11-13,15H,1-4,7-10H2,(H,24,27);5-6,11-13,15H,1-4,7-10H2. The molecule has 2 aliphatic carbocycles. The van der Waals surface area contributed by atoms with Crippen LogP contribution in [0.15, 0.2) is 70.2 Å². The zero-order chi connectivity index (χ0) is 38.9. The number of morpholine rings is 2. The summed E-state index contributed by atoms with van der Waals surface area (Å²) in [7, 11) is 0. The Balaban J connectivity index is 0.000000148. The van der Waals surface area contributed by atoms with Crippen LogP contribution < -0.4 is 5.43 Å². The van der Waals surface area contributed by atoms with Crippen molar-refractivity contribution >= 4 is 56.8 Å². The van der Waals surface area contributed by atoms with E-state index in [-0.39, 0.29) is 17.5 Å². The zero-order valence-electron chi connectivity index (χ0n) is 31.6. The maximum atomic E-state index is 12.7. The molecule has 6 heterocycles. The van der Waals surface area contributed by atoms with Gasteiger partial charge in [-0.05, 0) is 62.1 Å². The Bertz CT molecular complexity index is 2380. The van der Waals surface area contributed by atoms with Crippen molar-refractivity contribution in [2.24, 2.45) is 0 Å². The average molecular weight is 815 g/mol. The first-order valence-electron chi connectivity index (χ1n) is 19.9. The third-order valence-corrected chi connectivity index (χ3v) is 12.0. The van der Waals surface area contributed by atoms with Crippen LogP contribution in [0.4, 0.5) is 0 Å². The number of hydrogen-bond acceptors (Lipinski definition) is 9. The first-order chi connectivity index (χ1) is 27.9. The van der Waals surface area contributed by atoms with Crippen LogP contribution in [0.1, 0.15) is 84.4 Å². The van der Waals surface area contributed by atoms with E-state index in [0.717, 1.165) is 32.9 Å². The van der Waals surface area contributed by atoms with E-state index in [1.807, 2.05) is 29.3 Å². The number of fused-ring (bicyclic) bond motifs is 2. The summed E-state index contributed by atoms with van der Waals surface area (Å²) in [5.74, 6) is 0.497. The lowest BCUT2D eigenvalue weighted by molar-refractivity contribution is 0.0124. The second-order valence-electron chi connectivity index (χ2n) is 15.1. The second kappa shape index (κ2) is 16.7. The highest BCUT2D eigenvalue weighted by molar-refractivity contribution is 6.32. The summed E-state index contributed by atoms with van der Waals surface area (Å²) in [5.41, 5.74) is 7.45. The molecule has 4 aromatic heterocycles. The van der Waals surface area contributed by atoms with Crippen molar-refractivity contribution < 1.29 is 27.9 Å². The molecule has 2 aromatic carbocycles. The number of amides is 2. The number of hydrogen-bond donors (Lipinski definition) is 1. The fraction of sp³-hybridized carbons (Fsp3) is 0.429. The summed E-state index contributed by atoms with van der Waals surface area (Å²) in [4.78, 5) is 36.0. The smallest absolute Gasteiger partial charge is 0.287 e. The lowest BCUT2D eigenvalue weighted by Crippen LogP contribution is -2.48. The number of carbonyl (C=O) groups excluding carboxylic acids is 2. The van der Waals surface area contributed by atoms with Crippen LogP contribution in [0.2, 0.25) is 10.0 Å². The van der Waals surface area contributed by atoms with Crippen molar-refractivity contribution in [3.8, 4) is 22.9 Å². The summed E-state index contributed by atoms with van der Waals surface area (Å²) >= 11 is 12.5. The Kier molecular flexibility index (Phi) is 11.1. The quantitative estimate of drug-likeness (QED) is 0.168. The lowest BCUT2D eigenvalue weighted by atomic mass is 10.2. The first kappa shape index (κ1) is 37.9. The van der Waals surface area contributed by atoms with E-state index >= 15 is 0 Å². The Labute approximate surface area is 339 Å². The number of oxazole rings is 2. The SMILES string of the molecule is O=C(NN1CCOCC1)c1coc(-c2cn(C3CCCC3)c3ccc(Cl)cc23)n1.O=C(c1coc(-c2cn(C3CCCC3)c3ccc(Cl)cc23)n1)N1CCOCC1. The van der Waals surface area contributed by atoms with Gasteiger partial charge >= 0.3 is 0 Å². The van der Waals surface area contributed by atoms with Crippen molar-refractivity contribution in [2.45, 2.75) is 63.5 Å². The molecule has 0 bridgehead atoms. The largest absolute Gasteiger partial charge is 0.444 e. The van der Waals surface area contributed by atoms with Crippen LogP contribution in [0.5, 0.6) is 0 Å². The number of carbonyl (C=O) groups is 2. The van der Waals surface area contributed by atoms with Crippen molar-refractivity contribution in [1.29, 1.82) is 0 Å². The van der Waals surface area contributed by atoms with Crippen LogP contribution in [0, 0.1) is 0 Å². The van der Waals surface area contributed by atoms with Gasteiger partial charge in [0.1, 0.15) is 12.5 Å². The van der Waals surface area contributed by atoms with Gasteiger partial charge in [0.2, 0.25) is 11.8 Å². The van der Waals surface area contributed by atoms with Gasteiger partial charge in [0.05, 0.1) is 37.6 Å². The number of benzene rings is 2. The highest BCUT2D eigenvalue weighted by atomic mass is 35.5. The number of halogens is 2. The third-order valence-electron chi connectivity index (χ3n) is 11.5. The second-order valence-corrected chi connectivity index (χ2v) is 16.0. The summed E-state index contributed by atoms with van der Waals surface area (Å²) in [6, 6.07) is 12.8. The predicted molar refractivity (Wildman–Crippen MR) is 216 cm³/mol. The Hall–Kier alpha value is -4.66. The maximum absolute atomic E-state index is 12.7. The van der Waals surface area contributed by atoms with Gasteiger partial charge in [-0.25, -0.2) is 15.0 Å². The number of ether oxygens (including phenoxy) is 2. The topological polar surface area (TPSA) is 133 Å². The summed E-state index contributed by atoms with van der Waals surface area (Å²) < 4.78 is 26.7. The number of rotatable bonds is 7. The molecule has 0 radical (unpaired) electrons. The van der Waals surface area contributed by atoms with Gasteiger partial charge in [-0.3, -0.25) is 15.0 Å². The molecule has 57 heavy (non-hydrogen) atoms. The van der Waals surface area contributed by atoms with E-state index in [1.54, 1.807) is 4.90 Å². The number of nitrogens with zero attached hydrogens (tertiary/aromatic N) is 6. The minimum Gasteiger partial charge on any atom is -0.444 e. The normalized spacial score (nSPS) is 18.4. The molecule has 13 nitrogen and oxygen atoms in total. The molecule has 0 unspecified atom stereocenters. The Morgan fingerprint density at radius 2 is 1.12 bits per heavy atom. The van der Waals surface area contributed by atoms with Crippen LogP contribution in [-0.4, -0.2) is 93.4 Å². The van der Waals surface area contributed by atoms with Gasteiger partial charge in [-0.15, -0.1) is 0 Å². The van der Waals surface area contributed by atoms with Gasteiger partial charge in [0.15, 0.2) is 11.4 Å². The lowest BCUT2D eigenvalue weighted by Gasteiger charge is -2.26. The van der Waals surface area contributed by atoms with Crippen molar-refractivity contribution in [3.05, 3.63) is 82.8 Å². The minimum absolute atomic E-state index is 0.115. The molecular formula is C42H45Cl2N7O6. The Morgan fingerprint density at radius 3 is 1.65 bits per heavy atom. The van der Waals surface area contributed by atoms with E-state index in [2.05, 4.69) is 49.1 Å². The van der Waals surface area contributed by atoms with Gasteiger partial charge in [0.25, 0.3) is 11.8 Å². The summed E-state index contributed by atoms with van der Waals surface area (Å²) in [6.07, 6.45) is 16.8. The first-order valence-corrected chi connectivity index (χ1v) is 20.7. The van der Waals surface area contributed by atoms with Crippen molar-refractivity contribution in [2.75, 3.05) is 52.6 Å². The van der Waals surface area contributed by atoms with E-state index in [1.165, 1.54) is 63.9 Å². The highest BCUT2D eigenvalue weighted by Gasteiger charge is 2.27. The minimum atomic E-state index is -0.278. The summed E-state index contributed by atoms with van der Waals surface area (Å²) in [6.45, 7) is 4.80. The van der Waals surface area contributed by atoms with Gasteiger partial charge < -0.3 is 32.3 Å². The summed E-state index contributed by atoms with van der Waals surface area (Å²) in [5, 5.41) is 5.18. The molecule has 0 atom stereocenters. The van der Waals surface area contributed by atoms with Crippen molar-refractivity contribution in [1.82, 2.24) is 34.4 Å². The number of hydrazine groups is 1. The molecule has 0 spiro atoms. The van der Waals surface area contributed by atoms with Crippen LogP contribution >= 0.6 is 23.2 Å². The zero-order valence-corrected chi connectivity index (χ0v) is 33.1. The molecule has 298 valence electrons. The molecule has 15 heteroatoms. The van der Waals surface area contributed by atoms with Crippen LogP contribution in [0.3, 0.4) is 0 Å². The maximum Gasteiger partial charge on any atom is 0.287 e. The third kappa shape index (κ3) is 7.96. The molecular weight excluding hydrogens is 769 g/mol. The molecule has 1 N–H and O–H groups in total. The van der Waals surface area contributed by atoms with Gasteiger partial charge in [0, 0.05) is 82.5 Å². The Morgan fingerprint density at radius 1 is 0.649 bits per heavy atom. The van der Waals surface area contributed by atoms with E-state index in [9.17, 15) is 9.59 Å². The molecule has 2 saturated carbocycles. The molecule has 2 amide bonds. The fourth-order valence-corrected chi connectivity index (χ4v) is 8.91. The predicted octanol–water partition coefficient (Wildman–Crippen LogP) is 8.58. The number of aromatic nitrogens is 4. The van der Waals surface area contributed by atoms with E-state index in [0.29, 0.717) is 92.2 Å². The van der Waals surface area contributed by atoms with Gasteiger partial charge in [-0.1, -0.05) is 48.9 Å². The molecule has 10 rings (SSSR count). The van der Waals surface area contributed by atoms with Crippen molar-refractivity contribution in [3.63, 3.8) is 0 Å². The molecule has 2 saturated heterocycles. The monoisotopic (exact) mass is 813 g/mol. The number of nitrogens with one attached hydrogen (secondary N) is 1.